The van der Waals surface area contributed by atoms with Gasteiger partial charge in [0.25, 0.3) is 5.91 Å². The predicted molar refractivity (Wildman–Crippen MR) is 145 cm³/mol. The van der Waals surface area contributed by atoms with Crippen LogP contribution in [0.1, 0.15) is 22.7 Å². The molecule has 1 amide bonds. The lowest BCUT2D eigenvalue weighted by Gasteiger charge is -2.33. The Morgan fingerprint density at radius 2 is 2.02 bits per heavy atom. The topological polar surface area (TPSA) is 104 Å². The summed E-state index contributed by atoms with van der Waals surface area (Å²) in [6.07, 6.45) is -3.67. The van der Waals surface area contributed by atoms with Gasteiger partial charge in [0, 0.05) is 44.5 Å². The van der Waals surface area contributed by atoms with E-state index in [0.29, 0.717) is 40.9 Å². The summed E-state index contributed by atoms with van der Waals surface area (Å²) in [7, 11) is 5.50. The zero-order valence-corrected chi connectivity index (χ0v) is 22.7. The molecular formula is C27H30F4N8O2. The molecule has 0 bridgehead atoms. The number of carbonyl (C=O) groups excluding carboxylic acids is 1. The number of carbonyl (C=O) groups is 1. The minimum absolute atomic E-state index is 0.0139. The molecule has 0 radical (unpaired) electrons. The third kappa shape index (κ3) is 6.42. The van der Waals surface area contributed by atoms with Crippen LogP contribution in [0, 0.1) is 0 Å². The molecule has 1 aliphatic heterocycles. The number of benzene rings is 1. The summed E-state index contributed by atoms with van der Waals surface area (Å²) in [6.45, 7) is -0.448. The van der Waals surface area contributed by atoms with Crippen molar-refractivity contribution in [3.8, 4) is 11.5 Å². The molecule has 2 N–H and O–H groups in total. The number of hydrogen-bond acceptors (Lipinski definition) is 8. The molecule has 1 saturated heterocycles. The van der Waals surface area contributed by atoms with Crippen LogP contribution in [0.4, 0.5) is 29.1 Å². The van der Waals surface area contributed by atoms with Crippen LogP contribution in [-0.2, 0) is 13.1 Å². The molecule has 0 saturated carbocycles. The van der Waals surface area contributed by atoms with E-state index < -0.39 is 30.8 Å². The van der Waals surface area contributed by atoms with Crippen molar-refractivity contribution in [3.63, 3.8) is 0 Å². The first-order valence-corrected chi connectivity index (χ1v) is 13.0. The summed E-state index contributed by atoms with van der Waals surface area (Å²) in [5.74, 6) is 0.205. The van der Waals surface area contributed by atoms with E-state index in [1.54, 1.807) is 35.2 Å². The monoisotopic (exact) mass is 574 g/mol. The summed E-state index contributed by atoms with van der Waals surface area (Å²) < 4.78 is 61.9. The molecule has 4 heterocycles. The van der Waals surface area contributed by atoms with Gasteiger partial charge in [-0.3, -0.25) is 4.79 Å². The highest BCUT2D eigenvalue weighted by Crippen LogP contribution is 2.35. The zero-order chi connectivity index (χ0) is 29.3. The number of hydrogen-bond donors (Lipinski definition) is 2. The van der Waals surface area contributed by atoms with Gasteiger partial charge in [-0.25, -0.2) is 9.37 Å². The zero-order valence-electron chi connectivity index (χ0n) is 22.7. The lowest BCUT2D eigenvalue weighted by molar-refractivity contribution is -0.139. The average molecular weight is 575 g/mol. The van der Waals surface area contributed by atoms with Gasteiger partial charge < -0.3 is 29.5 Å². The number of pyridine rings is 1. The van der Waals surface area contributed by atoms with E-state index in [0.717, 1.165) is 4.57 Å². The largest absolute Gasteiger partial charge is 0.406 e. The molecule has 1 fully saturated rings. The van der Waals surface area contributed by atoms with Gasteiger partial charge in [0.05, 0.1) is 29.4 Å². The number of nitrogens with one attached hydrogen (secondary N) is 2. The SMILES string of the molecule is CN1CC[C@@H](Nc2cccc3c2cc(-c2noc(CNC(=O)c4ccc(N(C)C)nc4)n2)n3CC(F)(F)F)[C@@H](F)C1. The molecule has 10 nitrogen and oxygen atoms in total. The maximum Gasteiger partial charge on any atom is 0.406 e. The quantitative estimate of drug-likeness (QED) is 0.303. The van der Waals surface area contributed by atoms with Crippen molar-refractivity contribution < 1.29 is 26.9 Å². The average Bonchev–Trinajstić information content (AvgIpc) is 3.53. The molecule has 41 heavy (non-hydrogen) atoms. The maximum absolute atomic E-state index is 14.7. The Balaban J connectivity index is 1.39. The van der Waals surface area contributed by atoms with Crippen LogP contribution >= 0.6 is 0 Å². The predicted octanol–water partition coefficient (Wildman–Crippen LogP) is 4.10. The number of piperidine rings is 1. The van der Waals surface area contributed by atoms with Gasteiger partial charge in [-0.2, -0.15) is 18.2 Å². The van der Waals surface area contributed by atoms with E-state index in [4.69, 9.17) is 4.52 Å². The minimum Gasteiger partial charge on any atom is -0.379 e. The third-order valence-electron chi connectivity index (χ3n) is 6.93. The second-order valence-electron chi connectivity index (χ2n) is 10.3. The van der Waals surface area contributed by atoms with Crippen molar-refractivity contribution in [2.24, 2.45) is 0 Å². The number of nitrogens with zero attached hydrogens (tertiary/aromatic N) is 6. The molecule has 0 unspecified atom stereocenters. The van der Waals surface area contributed by atoms with E-state index in [1.807, 2.05) is 26.0 Å². The van der Waals surface area contributed by atoms with Crippen molar-refractivity contribution in [2.45, 2.75) is 37.9 Å². The Morgan fingerprint density at radius 3 is 2.71 bits per heavy atom. The summed E-state index contributed by atoms with van der Waals surface area (Å²) in [5.41, 5.74) is 1.21. The van der Waals surface area contributed by atoms with Gasteiger partial charge in [0.1, 0.15) is 18.5 Å². The number of anilines is 2. The number of aromatic nitrogens is 4. The van der Waals surface area contributed by atoms with Crippen LogP contribution in [0.25, 0.3) is 22.4 Å². The highest BCUT2D eigenvalue weighted by atomic mass is 19.4. The lowest BCUT2D eigenvalue weighted by Crippen LogP contribution is -2.46. The van der Waals surface area contributed by atoms with Gasteiger partial charge in [0.2, 0.25) is 11.7 Å². The fraction of sp³-hybridized carbons (Fsp3) is 0.407. The first-order valence-electron chi connectivity index (χ1n) is 13.0. The molecule has 4 aromatic rings. The van der Waals surface area contributed by atoms with Crippen LogP contribution in [-0.4, -0.2) is 83.1 Å². The molecule has 14 heteroatoms. The first kappa shape index (κ1) is 28.3. The van der Waals surface area contributed by atoms with E-state index in [-0.39, 0.29) is 30.5 Å². The Bertz CT molecular complexity index is 1520. The van der Waals surface area contributed by atoms with E-state index in [1.165, 1.54) is 12.3 Å². The minimum atomic E-state index is -4.53. The number of likely N-dealkylation sites (tertiary alicyclic amines) is 1. The number of halogens is 4. The Morgan fingerprint density at radius 1 is 1.22 bits per heavy atom. The van der Waals surface area contributed by atoms with Gasteiger partial charge in [-0.15, -0.1) is 0 Å². The summed E-state index contributed by atoms with van der Waals surface area (Å²) in [4.78, 5) is 24.7. The van der Waals surface area contributed by atoms with Crippen molar-refractivity contribution >= 4 is 28.3 Å². The second-order valence-corrected chi connectivity index (χ2v) is 10.3. The molecule has 0 spiro atoms. The number of rotatable bonds is 8. The second kappa shape index (κ2) is 11.4. The molecule has 1 aliphatic rings. The maximum atomic E-state index is 14.7. The Kier molecular flexibility index (Phi) is 7.84. The molecule has 0 aliphatic carbocycles. The standard InChI is InChI=1S/C27H30F4N8O2/c1-37(2)23-8-7-16(12-32-23)26(40)33-13-24-35-25(36-41-24)22-11-17-19(34-20-9-10-38(3)14-18(20)28)5-4-6-21(17)39(22)15-27(29,30)31/h4-8,11-12,18,20,34H,9-10,13-15H2,1-3H3,(H,33,40)/t18-,20+/m0/s1. The van der Waals surface area contributed by atoms with Gasteiger partial charge >= 0.3 is 6.18 Å². The number of amides is 1. The van der Waals surface area contributed by atoms with Crippen molar-refractivity contribution in [1.29, 1.82) is 0 Å². The number of alkyl halides is 4. The van der Waals surface area contributed by atoms with Crippen molar-refractivity contribution in [3.05, 3.63) is 54.0 Å². The van der Waals surface area contributed by atoms with E-state index in [2.05, 4.69) is 25.8 Å². The highest BCUT2D eigenvalue weighted by molar-refractivity contribution is 5.96. The van der Waals surface area contributed by atoms with E-state index >= 15 is 0 Å². The van der Waals surface area contributed by atoms with Crippen LogP contribution in [0.5, 0.6) is 0 Å². The summed E-state index contributed by atoms with van der Waals surface area (Å²) in [6, 6.07) is 9.29. The van der Waals surface area contributed by atoms with E-state index in [9.17, 15) is 22.4 Å². The van der Waals surface area contributed by atoms with Crippen molar-refractivity contribution in [1.82, 2.24) is 29.9 Å². The van der Waals surface area contributed by atoms with Crippen LogP contribution in [0.3, 0.4) is 0 Å². The highest BCUT2D eigenvalue weighted by Gasteiger charge is 2.32. The van der Waals surface area contributed by atoms with Crippen LogP contribution in [0.2, 0.25) is 0 Å². The first-order chi connectivity index (χ1) is 19.5. The summed E-state index contributed by atoms with van der Waals surface area (Å²) in [5, 5.41) is 10.2. The smallest absolute Gasteiger partial charge is 0.379 e. The Hall–Kier alpha value is -4.20. The van der Waals surface area contributed by atoms with Crippen LogP contribution < -0.4 is 15.5 Å². The fourth-order valence-electron chi connectivity index (χ4n) is 4.84. The third-order valence-corrected chi connectivity index (χ3v) is 6.93. The van der Waals surface area contributed by atoms with Crippen molar-refractivity contribution in [2.75, 3.05) is 44.4 Å². The van der Waals surface area contributed by atoms with Gasteiger partial charge in [-0.05, 0) is 43.8 Å². The fourth-order valence-corrected chi connectivity index (χ4v) is 4.84. The summed E-state index contributed by atoms with van der Waals surface area (Å²) >= 11 is 0. The van der Waals surface area contributed by atoms with Gasteiger partial charge in [0.15, 0.2) is 0 Å². The molecule has 2 atom stereocenters. The molecule has 218 valence electrons. The lowest BCUT2D eigenvalue weighted by atomic mass is 10.0. The normalized spacial score (nSPS) is 18.0. The van der Waals surface area contributed by atoms with Crippen LogP contribution in [0.15, 0.2) is 47.1 Å². The molecule has 1 aromatic carbocycles. The molecule has 3 aromatic heterocycles. The number of fused-ring (bicyclic) bond motifs is 1. The molecular weight excluding hydrogens is 544 g/mol. The Labute approximate surface area is 233 Å². The molecule has 5 rings (SSSR count). The van der Waals surface area contributed by atoms with Gasteiger partial charge in [-0.1, -0.05) is 11.2 Å².